The van der Waals surface area contributed by atoms with Crippen molar-refractivity contribution in [3.63, 3.8) is 0 Å². The molecule has 0 saturated carbocycles. The van der Waals surface area contributed by atoms with Gasteiger partial charge in [-0.1, -0.05) is 30.3 Å². The van der Waals surface area contributed by atoms with Gasteiger partial charge >= 0.3 is 0 Å². The number of hydrogen-bond acceptors (Lipinski definition) is 4. The molecule has 0 aliphatic carbocycles. The van der Waals surface area contributed by atoms with E-state index in [2.05, 4.69) is 29.0 Å². The fourth-order valence-corrected chi connectivity index (χ4v) is 3.44. The van der Waals surface area contributed by atoms with Gasteiger partial charge in [-0.3, -0.25) is 4.90 Å². The van der Waals surface area contributed by atoms with Crippen LogP contribution < -0.4 is 0 Å². The molecule has 4 nitrogen and oxygen atoms in total. The molecular weight excluding hydrogens is 252 g/mol. The van der Waals surface area contributed by atoms with Gasteiger partial charge in [-0.25, -0.2) is 0 Å². The van der Waals surface area contributed by atoms with Crippen LogP contribution >= 0.6 is 0 Å². The second-order valence-corrected chi connectivity index (χ2v) is 5.97. The smallest absolute Gasteiger partial charge is 0.108 e. The van der Waals surface area contributed by atoms with Gasteiger partial charge in [0.1, 0.15) is 5.60 Å². The normalized spacial score (nSPS) is 33.2. The Morgan fingerprint density at radius 2 is 1.85 bits per heavy atom. The Kier molecular flexibility index (Phi) is 4.08. The van der Waals surface area contributed by atoms with Gasteiger partial charge < -0.3 is 14.7 Å². The lowest BCUT2D eigenvalue weighted by Gasteiger charge is -2.49. The van der Waals surface area contributed by atoms with E-state index in [1.165, 1.54) is 0 Å². The minimum absolute atomic E-state index is 0.146. The molecule has 2 atom stereocenters. The highest BCUT2D eigenvalue weighted by molar-refractivity contribution is 5.26. The van der Waals surface area contributed by atoms with Gasteiger partial charge in [-0.2, -0.15) is 0 Å². The summed E-state index contributed by atoms with van der Waals surface area (Å²) in [6, 6.07) is 10.3. The van der Waals surface area contributed by atoms with Crippen molar-refractivity contribution in [2.45, 2.75) is 18.1 Å². The maximum atomic E-state index is 11.4. The third kappa shape index (κ3) is 2.61. The van der Waals surface area contributed by atoms with Crippen LogP contribution in [0.4, 0.5) is 0 Å². The maximum Gasteiger partial charge on any atom is 0.108 e. The summed E-state index contributed by atoms with van der Waals surface area (Å²) in [5, 5.41) is 11.4. The summed E-state index contributed by atoms with van der Waals surface area (Å²) in [7, 11) is 2.14. The van der Waals surface area contributed by atoms with E-state index in [0.717, 1.165) is 51.4 Å². The van der Waals surface area contributed by atoms with Crippen LogP contribution in [0.2, 0.25) is 0 Å². The minimum atomic E-state index is -0.745. The van der Waals surface area contributed by atoms with E-state index in [1.807, 2.05) is 18.2 Å². The molecule has 0 bridgehead atoms. The van der Waals surface area contributed by atoms with E-state index in [9.17, 15) is 5.11 Å². The second kappa shape index (κ2) is 5.82. The van der Waals surface area contributed by atoms with E-state index >= 15 is 0 Å². The van der Waals surface area contributed by atoms with Gasteiger partial charge in [0.05, 0.1) is 19.3 Å². The summed E-state index contributed by atoms with van der Waals surface area (Å²) in [6.07, 6.45) is 0.787. The van der Waals surface area contributed by atoms with Crippen molar-refractivity contribution in [1.29, 1.82) is 0 Å². The van der Waals surface area contributed by atoms with Crippen molar-refractivity contribution in [1.82, 2.24) is 9.80 Å². The number of piperidine rings is 1. The molecule has 2 heterocycles. The average Bonchev–Trinajstić information content (AvgIpc) is 2.51. The van der Waals surface area contributed by atoms with Gasteiger partial charge in [0.2, 0.25) is 0 Å². The Balaban J connectivity index is 1.89. The Labute approximate surface area is 120 Å². The third-order valence-electron chi connectivity index (χ3n) is 4.67. The Hall–Kier alpha value is -0.940. The minimum Gasteiger partial charge on any atom is -0.383 e. The van der Waals surface area contributed by atoms with Crippen LogP contribution in [0, 0.1) is 0 Å². The molecule has 2 saturated heterocycles. The quantitative estimate of drug-likeness (QED) is 0.871. The number of benzene rings is 1. The standard InChI is InChI=1S/C16H24N2O2/c1-17-8-7-16(19,14-5-3-2-4-6-14)15(13-17)18-9-11-20-12-10-18/h2-6,15,19H,7-13H2,1H3. The number of nitrogens with zero attached hydrogens (tertiary/aromatic N) is 2. The molecule has 1 N–H and O–H groups in total. The molecule has 0 spiro atoms. The first-order valence-electron chi connectivity index (χ1n) is 7.48. The van der Waals surface area contributed by atoms with Gasteiger partial charge in [0.25, 0.3) is 0 Å². The SMILES string of the molecule is CN1CCC(O)(c2ccccc2)C(N2CCOCC2)C1. The van der Waals surface area contributed by atoms with Gasteiger partial charge in [-0.15, -0.1) is 0 Å². The van der Waals surface area contributed by atoms with E-state index in [0.29, 0.717) is 0 Å². The second-order valence-electron chi connectivity index (χ2n) is 5.97. The monoisotopic (exact) mass is 276 g/mol. The molecule has 2 unspecified atom stereocenters. The van der Waals surface area contributed by atoms with Crippen molar-refractivity contribution in [3.8, 4) is 0 Å². The van der Waals surface area contributed by atoms with Crippen LogP contribution in [0.25, 0.3) is 0 Å². The molecule has 20 heavy (non-hydrogen) atoms. The molecule has 2 aliphatic rings. The molecule has 4 heteroatoms. The number of aliphatic hydroxyl groups is 1. The molecule has 1 aromatic rings. The summed E-state index contributed by atoms with van der Waals surface area (Å²) in [5.41, 5.74) is 0.301. The number of likely N-dealkylation sites (N-methyl/N-ethyl adjacent to an activating group) is 1. The summed E-state index contributed by atoms with van der Waals surface area (Å²) in [6.45, 7) is 5.20. The molecular formula is C16H24N2O2. The molecule has 2 fully saturated rings. The van der Waals surface area contributed by atoms with Crippen molar-refractivity contribution < 1.29 is 9.84 Å². The first kappa shape index (κ1) is 14.0. The van der Waals surface area contributed by atoms with Crippen LogP contribution in [0.15, 0.2) is 30.3 Å². The Morgan fingerprint density at radius 3 is 2.55 bits per heavy atom. The van der Waals surface area contributed by atoms with Gasteiger partial charge in [0.15, 0.2) is 0 Å². The predicted octanol–water partition coefficient (Wildman–Crippen LogP) is 0.910. The number of morpholine rings is 1. The van der Waals surface area contributed by atoms with E-state index < -0.39 is 5.60 Å². The Morgan fingerprint density at radius 1 is 1.15 bits per heavy atom. The lowest BCUT2D eigenvalue weighted by atomic mass is 9.79. The summed E-state index contributed by atoms with van der Waals surface area (Å²) in [5.74, 6) is 0. The lowest BCUT2D eigenvalue weighted by Crippen LogP contribution is -2.61. The van der Waals surface area contributed by atoms with E-state index in [1.54, 1.807) is 0 Å². The van der Waals surface area contributed by atoms with Gasteiger partial charge in [0, 0.05) is 26.2 Å². The summed E-state index contributed by atoms with van der Waals surface area (Å²) >= 11 is 0. The highest BCUT2D eigenvalue weighted by Crippen LogP contribution is 2.35. The highest BCUT2D eigenvalue weighted by Gasteiger charge is 2.45. The molecule has 110 valence electrons. The topological polar surface area (TPSA) is 35.9 Å². The first-order chi connectivity index (χ1) is 9.70. The predicted molar refractivity (Wildman–Crippen MR) is 78.6 cm³/mol. The maximum absolute atomic E-state index is 11.4. The fourth-order valence-electron chi connectivity index (χ4n) is 3.44. The largest absolute Gasteiger partial charge is 0.383 e. The Bertz CT molecular complexity index is 433. The first-order valence-corrected chi connectivity index (χ1v) is 7.48. The fraction of sp³-hybridized carbons (Fsp3) is 0.625. The van der Waals surface area contributed by atoms with Gasteiger partial charge in [-0.05, 0) is 19.0 Å². The number of hydrogen-bond donors (Lipinski definition) is 1. The molecule has 1 aromatic carbocycles. The molecule has 0 amide bonds. The molecule has 0 aromatic heterocycles. The number of likely N-dealkylation sites (tertiary alicyclic amines) is 1. The number of rotatable bonds is 2. The van der Waals surface area contributed by atoms with Crippen LogP contribution in [0.5, 0.6) is 0 Å². The van der Waals surface area contributed by atoms with Crippen LogP contribution in [-0.2, 0) is 10.3 Å². The van der Waals surface area contributed by atoms with E-state index in [4.69, 9.17) is 4.74 Å². The van der Waals surface area contributed by atoms with Crippen LogP contribution in [-0.4, -0.2) is 67.4 Å². The average molecular weight is 276 g/mol. The van der Waals surface area contributed by atoms with Crippen molar-refractivity contribution in [3.05, 3.63) is 35.9 Å². The summed E-state index contributed by atoms with van der Waals surface area (Å²) in [4.78, 5) is 4.71. The molecule has 2 aliphatic heterocycles. The zero-order valence-electron chi connectivity index (χ0n) is 12.2. The van der Waals surface area contributed by atoms with Crippen molar-refractivity contribution in [2.24, 2.45) is 0 Å². The van der Waals surface area contributed by atoms with Crippen molar-refractivity contribution >= 4 is 0 Å². The lowest BCUT2D eigenvalue weighted by molar-refractivity contribution is -0.115. The van der Waals surface area contributed by atoms with Crippen molar-refractivity contribution in [2.75, 3.05) is 46.4 Å². The molecule has 0 radical (unpaired) electrons. The van der Waals surface area contributed by atoms with E-state index in [-0.39, 0.29) is 6.04 Å². The van der Waals surface area contributed by atoms with Crippen LogP contribution in [0.3, 0.4) is 0 Å². The number of ether oxygens (including phenoxy) is 1. The zero-order chi connectivity index (χ0) is 14.0. The van der Waals surface area contributed by atoms with Crippen LogP contribution in [0.1, 0.15) is 12.0 Å². The highest BCUT2D eigenvalue weighted by atomic mass is 16.5. The zero-order valence-corrected chi connectivity index (χ0v) is 12.2. The molecule has 3 rings (SSSR count). The summed E-state index contributed by atoms with van der Waals surface area (Å²) < 4.78 is 5.45. The third-order valence-corrected chi connectivity index (χ3v) is 4.67.